The summed E-state index contributed by atoms with van der Waals surface area (Å²) < 4.78 is 31.5. The third-order valence-corrected chi connectivity index (χ3v) is 21.1. The summed E-state index contributed by atoms with van der Waals surface area (Å²) in [5, 5.41) is 0. The first-order valence-electron chi connectivity index (χ1n) is 9.56. The fourth-order valence-corrected chi connectivity index (χ4v) is 26.6. The summed E-state index contributed by atoms with van der Waals surface area (Å²) in [4.78, 5) is 0. The van der Waals surface area contributed by atoms with E-state index in [0.29, 0.717) is 6.61 Å². The van der Waals surface area contributed by atoms with Crippen LogP contribution in [0.1, 0.15) is 6.42 Å². The first-order chi connectivity index (χ1) is 11.4. The smallest absolute Gasteiger partial charge is 0.314 e. The van der Waals surface area contributed by atoms with Crippen LogP contribution >= 0.6 is 0 Å². The van der Waals surface area contributed by atoms with E-state index in [4.69, 9.17) is 21.2 Å². The highest BCUT2D eigenvalue weighted by Gasteiger charge is 2.45. The molecule has 0 heterocycles. The van der Waals surface area contributed by atoms with E-state index in [9.17, 15) is 0 Å². The molecule has 157 valence electrons. The van der Waals surface area contributed by atoms with Gasteiger partial charge in [-0.1, -0.05) is 6.92 Å². The van der Waals surface area contributed by atoms with Crippen molar-refractivity contribution in [2.75, 3.05) is 13.2 Å². The highest BCUT2D eigenvalue weighted by molar-refractivity contribution is 6.90. The van der Waals surface area contributed by atoms with E-state index in [-0.39, 0.29) is 0 Å². The summed E-state index contributed by atoms with van der Waals surface area (Å²) in [5.74, 6) is 0. The predicted octanol–water partition coefficient (Wildman–Crippen LogP) is 5.44. The Kier molecular flexibility index (Phi) is 10.4. The number of ether oxygens (including phenoxy) is 1. The normalized spacial score (nSPS) is 14.8. The minimum Gasteiger partial charge on any atom is -0.437 e. The van der Waals surface area contributed by atoms with Gasteiger partial charge in [0, 0.05) is 13.2 Å². The molecule has 0 aliphatic heterocycles. The van der Waals surface area contributed by atoms with E-state index < -0.39 is 42.3 Å². The molecule has 0 bridgehead atoms. The molecular weight excluding hydrogens is 413 g/mol. The zero-order chi connectivity index (χ0) is 20.9. The van der Waals surface area contributed by atoms with E-state index in [2.05, 4.69) is 78.9 Å². The molecule has 0 atom stereocenters. The monoisotopic (exact) mass is 455 g/mol. The van der Waals surface area contributed by atoms with Crippen molar-refractivity contribution in [3.63, 3.8) is 0 Å². The van der Waals surface area contributed by atoms with Crippen LogP contribution in [-0.4, -0.2) is 55.5 Å². The third kappa shape index (κ3) is 14.0. The molecule has 10 heteroatoms. The molecule has 0 fully saturated rings. The second kappa shape index (κ2) is 10.1. The van der Waals surface area contributed by atoms with Gasteiger partial charge in [-0.15, -0.1) is 0 Å². The highest BCUT2D eigenvalue weighted by atomic mass is 28.5. The van der Waals surface area contributed by atoms with Gasteiger partial charge < -0.3 is 21.2 Å². The van der Waals surface area contributed by atoms with Crippen LogP contribution in [0.25, 0.3) is 0 Å². The fourth-order valence-electron chi connectivity index (χ4n) is 3.22. The van der Waals surface area contributed by atoms with Crippen molar-refractivity contribution in [3.05, 3.63) is 6.92 Å². The first kappa shape index (κ1) is 26.9. The minimum absolute atomic E-state index is 0.715. The summed E-state index contributed by atoms with van der Waals surface area (Å²) in [6.45, 7) is 29.1. The fraction of sp³-hybridized carbons (Fsp3) is 0.938. The lowest BCUT2D eigenvalue weighted by molar-refractivity contribution is 0.149. The lowest BCUT2D eigenvalue weighted by Crippen LogP contribution is -2.58. The van der Waals surface area contributed by atoms with Gasteiger partial charge in [0.2, 0.25) is 0 Å². The summed E-state index contributed by atoms with van der Waals surface area (Å²) in [6.07, 6.45) is 0.808. The van der Waals surface area contributed by atoms with Crippen LogP contribution in [0, 0.1) is 6.92 Å². The maximum atomic E-state index is 6.55. The molecule has 0 unspecified atom stereocenters. The molecule has 0 amide bonds. The Morgan fingerprint density at radius 2 is 1.00 bits per heavy atom. The van der Waals surface area contributed by atoms with Gasteiger partial charge in [0.15, 0.2) is 16.6 Å². The molecule has 0 aliphatic rings. The first-order valence-corrected chi connectivity index (χ1v) is 24.5. The molecule has 26 heavy (non-hydrogen) atoms. The Bertz CT molecular complexity index is 422. The van der Waals surface area contributed by atoms with Crippen molar-refractivity contribution in [3.8, 4) is 0 Å². The Morgan fingerprint density at radius 1 is 0.577 bits per heavy atom. The van der Waals surface area contributed by atoms with Crippen LogP contribution in [0.2, 0.25) is 78.1 Å². The van der Waals surface area contributed by atoms with E-state index in [1.807, 2.05) is 0 Å². The summed E-state index contributed by atoms with van der Waals surface area (Å²) in [5.41, 5.74) is 0. The minimum atomic E-state index is -2.34. The zero-order valence-electron chi connectivity index (χ0n) is 19.1. The Balaban J connectivity index is 4.78. The second-order valence-electron chi connectivity index (χ2n) is 9.70. The summed E-state index contributed by atoms with van der Waals surface area (Å²) in [6, 6.07) is 0.967. The molecular formula is C16H43O5Si5. The van der Waals surface area contributed by atoms with E-state index >= 15 is 0 Å². The molecule has 0 N–H and O–H groups in total. The van der Waals surface area contributed by atoms with E-state index in [1.165, 1.54) is 0 Å². The van der Waals surface area contributed by atoms with Gasteiger partial charge in [0.25, 0.3) is 0 Å². The quantitative estimate of drug-likeness (QED) is 0.273. The Hall–Kier alpha value is 0.884. The van der Waals surface area contributed by atoms with Gasteiger partial charge in [-0.3, -0.25) is 0 Å². The highest BCUT2D eigenvalue weighted by Crippen LogP contribution is 2.26. The van der Waals surface area contributed by atoms with Crippen molar-refractivity contribution in [2.24, 2.45) is 0 Å². The Labute approximate surface area is 168 Å². The summed E-state index contributed by atoms with van der Waals surface area (Å²) >= 11 is 0. The van der Waals surface area contributed by atoms with Crippen molar-refractivity contribution < 1.29 is 21.2 Å². The van der Waals surface area contributed by atoms with Gasteiger partial charge >= 0.3 is 25.7 Å². The largest absolute Gasteiger partial charge is 0.437 e. The molecule has 0 aromatic rings. The standard InChI is InChI=1S/C16H43O5Si5/c1-13-14-17-15-16-23(5,6)19-25(9,10)21-26(11,12)20-24(7,8)18-22(2,3)4/h1,13-16H2,2-12H3. The van der Waals surface area contributed by atoms with Gasteiger partial charge in [-0.25, -0.2) is 0 Å². The molecule has 0 spiro atoms. The molecule has 0 aromatic heterocycles. The van der Waals surface area contributed by atoms with Crippen molar-refractivity contribution in [2.45, 2.75) is 84.5 Å². The molecule has 1 radical (unpaired) electrons. The maximum Gasteiger partial charge on any atom is 0.314 e. The second-order valence-corrected chi connectivity index (χ2v) is 29.6. The van der Waals surface area contributed by atoms with E-state index in [0.717, 1.165) is 19.1 Å². The predicted molar refractivity (Wildman–Crippen MR) is 123 cm³/mol. The number of hydrogen-bond donors (Lipinski definition) is 0. The number of rotatable bonds is 13. The molecule has 0 saturated heterocycles. The molecule has 0 rings (SSSR count). The van der Waals surface area contributed by atoms with Crippen molar-refractivity contribution >= 4 is 42.3 Å². The van der Waals surface area contributed by atoms with Crippen LogP contribution in [0.3, 0.4) is 0 Å². The van der Waals surface area contributed by atoms with Crippen LogP contribution in [0.5, 0.6) is 0 Å². The van der Waals surface area contributed by atoms with Crippen LogP contribution in [0.4, 0.5) is 0 Å². The average Bonchev–Trinajstić information content (AvgIpc) is 2.26. The van der Waals surface area contributed by atoms with Gasteiger partial charge in [0.1, 0.15) is 0 Å². The van der Waals surface area contributed by atoms with E-state index in [1.54, 1.807) is 0 Å². The maximum absolute atomic E-state index is 6.55. The van der Waals surface area contributed by atoms with Crippen molar-refractivity contribution in [1.29, 1.82) is 0 Å². The van der Waals surface area contributed by atoms with Gasteiger partial charge in [0.05, 0.1) is 0 Å². The Morgan fingerprint density at radius 3 is 1.42 bits per heavy atom. The molecule has 5 nitrogen and oxygen atoms in total. The molecule has 0 saturated carbocycles. The van der Waals surface area contributed by atoms with Crippen LogP contribution in [0.15, 0.2) is 0 Å². The summed E-state index contributed by atoms with van der Waals surface area (Å²) in [7, 11) is -10.3. The van der Waals surface area contributed by atoms with Crippen LogP contribution < -0.4 is 0 Å². The lowest BCUT2D eigenvalue weighted by atomic mass is 10.5. The van der Waals surface area contributed by atoms with Gasteiger partial charge in [-0.2, -0.15) is 0 Å². The zero-order valence-corrected chi connectivity index (χ0v) is 24.1. The lowest BCUT2D eigenvalue weighted by Gasteiger charge is -2.42. The topological polar surface area (TPSA) is 46.2 Å². The van der Waals surface area contributed by atoms with Crippen LogP contribution in [-0.2, 0) is 21.2 Å². The SMILES string of the molecule is [CH2]CCOCC[Si](C)(C)O[Si](C)(C)O[Si](C)(C)O[Si](C)(C)O[Si](C)(C)C. The molecule has 0 aromatic carbocycles. The average molecular weight is 456 g/mol. The third-order valence-electron chi connectivity index (χ3n) is 3.19. The van der Waals surface area contributed by atoms with Gasteiger partial charge in [-0.05, 0) is 84.5 Å². The number of hydrogen-bond acceptors (Lipinski definition) is 5. The molecule has 0 aliphatic carbocycles. The van der Waals surface area contributed by atoms with Crippen molar-refractivity contribution in [1.82, 2.24) is 0 Å².